The van der Waals surface area contributed by atoms with Crippen LogP contribution in [0.3, 0.4) is 0 Å². The van der Waals surface area contributed by atoms with E-state index in [2.05, 4.69) is 15.6 Å². The van der Waals surface area contributed by atoms with Gasteiger partial charge in [-0.1, -0.05) is 6.07 Å². The van der Waals surface area contributed by atoms with Gasteiger partial charge in [0, 0.05) is 19.8 Å². The van der Waals surface area contributed by atoms with Gasteiger partial charge in [0.15, 0.2) is 0 Å². The number of nitrogens with two attached hydrogens (primary N) is 1. The average Bonchev–Trinajstić information content (AvgIpc) is 2.37. The Kier molecular flexibility index (Phi) is 4.59. The number of likely N-dealkylation sites (N-methyl/N-ethyl adjacent to an activating group) is 1. The Hall–Kier alpha value is -1.95. The number of rotatable bonds is 4. The Morgan fingerprint density at radius 1 is 1.47 bits per heavy atom. The SMILES string of the molecule is CNC(=O)C(C)NC(=O)c1ccc(CN)cn1. The summed E-state index contributed by atoms with van der Waals surface area (Å²) in [6, 6.07) is 2.71. The number of pyridine rings is 1. The smallest absolute Gasteiger partial charge is 0.270 e. The summed E-state index contributed by atoms with van der Waals surface area (Å²) < 4.78 is 0. The van der Waals surface area contributed by atoms with E-state index >= 15 is 0 Å². The Labute approximate surface area is 99.6 Å². The monoisotopic (exact) mass is 236 g/mol. The van der Waals surface area contributed by atoms with Crippen molar-refractivity contribution in [3.05, 3.63) is 29.6 Å². The van der Waals surface area contributed by atoms with Crippen molar-refractivity contribution in [3.8, 4) is 0 Å². The number of aromatic nitrogens is 1. The van der Waals surface area contributed by atoms with Crippen LogP contribution in [-0.4, -0.2) is 29.9 Å². The van der Waals surface area contributed by atoms with E-state index in [1.54, 1.807) is 25.3 Å². The quantitative estimate of drug-likeness (QED) is 0.650. The van der Waals surface area contributed by atoms with Crippen LogP contribution in [0.2, 0.25) is 0 Å². The molecule has 0 aliphatic heterocycles. The van der Waals surface area contributed by atoms with E-state index in [0.717, 1.165) is 5.56 Å². The van der Waals surface area contributed by atoms with E-state index in [9.17, 15) is 9.59 Å². The predicted molar refractivity (Wildman–Crippen MR) is 63.1 cm³/mol. The second-order valence-electron chi connectivity index (χ2n) is 3.57. The number of hydrogen-bond acceptors (Lipinski definition) is 4. The molecule has 0 fully saturated rings. The van der Waals surface area contributed by atoms with Crippen LogP contribution in [0, 0.1) is 0 Å². The third kappa shape index (κ3) is 3.53. The summed E-state index contributed by atoms with van der Waals surface area (Å²) in [6.07, 6.45) is 1.54. The van der Waals surface area contributed by atoms with Crippen molar-refractivity contribution >= 4 is 11.8 Å². The van der Waals surface area contributed by atoms with Crippen molar-refractivity contribution in [2.75, 3.05) is 7.05 Å². The predicted octanol–water partition coefficient (Wildman–Crippen LogP) is -0.595. The summed E-state index contributed by atoms with van der Waals surface area (Å²) in [5.41, 5.74) is 6.53. The fourth-order valence-electron chi connectivity index (χ4n) is 1.23. The highest BCUT2D eigenvalue weighted by molar-refractivity contribution is 5.95. The zero-order valence-electron chi connectivity index (χ0n) is 9.86. The lowest BCUT2D eigenvalue weighted by atomic mass is 10.2. The van der Waals surface area contributed by atoms with Gasteiger partial charge < -0.3 is 16.4 Å². The topological polar surface area (TPSA) is 97.1 Å². The summed E-state index contributed by atoms with van der Waals surface area (Å²) >= 11 is 0. The third-order valence-corrected chi connectivity index (χ3v) is 2.28. The van der Waals surface area contributed by atoms with Gasteiger partial charge in [0.05, 0.1) is 0 Å². The molecule has 0 aliphatic rings. The van der Waals surface area contributed by atoms with Crippen molar-refractivity contribution in [1.82, 2.24) is 15.6 Å². The number of hydrogen-bond donors (Lipinski definition) is 3. The molecule has 0 bridgehead atoms. The van der Waals surface area contributed by atoms with E-state index < -0.39 is 6.04 Å². The molecule has 0 saturated carbocycles. The largest absolute Gasteiger partial charge is 0.357 e. The Morgan fingerprint density at radius 2 is 2.18 bits per heavy atom. The first-order valence-corrected chi connectivity index (χ1v) is 5.26. The highest BCUT2D eigenvalue weighted by atomic mass is 16.2. The molecule has 6 nitrogen and oxygen atoms in total. The minimum Gasteiger partial charge on any atom is -0.357 e. The molecule has 1 atom stereocenters. The standard InChI is InChI=1S/C11H16N4O2/c1-7(10(16)13-2)15-11(17)9-4-3-8(5-12)6-14-9/h3-4,6-7H,5,12H2,1-2H3,(H,13,16)(H,15,17). The van der Waals surface area contributed by atoms with Gasteiger partial charge >= 0.3 is 0 Å². The normalized spacial score (nSPS) is 11.7. The molecule has 1 heterocycles. The van der Waals surface area contributed by atoms with Crippen LogP contribution in [0.1, 0.15) is 23.0 Å². The highest BCUT2D eigenvalue weighted by Crippen LogP contribution is 1.99. The molecular formula is C11H16N4O2. The van der Waals surface area contributed by atoms with E-state index in [4.69, 9.17) is 5.73 Å². The maximum absolute atomic E-state index is 11.7. The second-order valence-corrected chi connectivity index (χ2v) is 3.57. The Bertz CT molecular complexity index is 402. The molecule has 1 aromatic heterocycles. The number of nitrogens with one attached hydrogen (secondary N) is 2. The maximum Gasteiger partial charge on any atom is 0.270 e. The minimum absolute atomic E-state index is 0.253. The first-order valence-electron chi connectivity index (χ1n) is 5.26. The first-order chi connectivity index (χ1) is 8.08. The van der Waals surface area contributed by atoms with Crippen molar-refractivity contribution in [2.45, 2.75) is 19.5 Å². The molecule has 17 heavy (non-hydrogen) atoms. The number of carbonyl (C=O) groups is 2. The fraction of sp³-hybridized carbons (Fsp3) is 0.364. The molecule has 0 aliphatic carbocycles. The van der Waals surface area contributed by atoms with Gasteiger partial charge in [0.1, 0.15) is 11.7 Å². The molecule has 2 amide bonds. The molecule has 1 unspecified atom stereocenters. The van der Waals surface area contributed by atoms with E-state index in [-0.39, 0.29) is 17.5 Å². The summed E-state index contributed by atoms with van der Waals surface area (Å²) in [4.78, 5) is 26.9. The number of nitrogens with zero attached hydrogens (tertiary/aromatic N) is 1. The first kappa shape index (κ1) is 13.1. The van der Waals surface area contributed by atoms with Gasteiger partial charge in [-0.15, -0.1) is 0 Å². The zero-order valence-corrected chi connectivity index (χ0v) is 9.86. The van der Waals surface area contributed by atoms with Crippen LogP contribution in [0.15, 0.2) is 18.3 Å². The third-order valence-electron chi connectivity index (χ3n) is 2.28. The van der Waals surface area contributed by atoms with Gasteiger partial charge in [-0.3, -0.25) is 14.6 Å². The molecular weight excluding hydrogens is 220 g/mol. The van der Waals surface area contributed by atoms with Gasteiger partial charge in [-0.05, 0) is 18.6 Å². The summed E-state index contributed by atoms with van der Waals surface area (Å²) in [5.74, 6) is -0.637. The second kappa shape index (κ2) is 5.95. The summed E-state index contributed by atoms with van der Waals surface area (Å²) in [5, 5.41) is 4.99. The molecule has 0 radical (unpaired) electrons. The van der Waals surface area contributed by atoms with Crippen molar-refractivity contribution < 1.29 is 9.59 Å². The van der Waals surface area contributed by atoms with Gasteiger partial charge in [-0.25, -0.2) is 0 Å². The van der Waals surface area contributed by atoms with Crippen LogP contribution in [0.25, 0.3) is 0 Å². The lowest BCUT2D eigenvalue weighted by Crippen LogP contribution is -2.43. The lowest BCUT2D eigenvalue weighted by molar-refractivity contribution is -0.122. The van der Waals surface area contributed by atoms with Crippen LogP contribution in [-0.2, 0) is 11.3 Å². The zero-order chi connectivity index (χ0) is 12.8. The minimum atomic E-state index is -0.594. The molecule has 4 N–H and O–H groups in total. The molecule has 92 valence electrons. The molecule has 0 aromatic carbocycles. The van der Waals surface area contributed by atoms with E-state index in [0.29, 0.717) is 6.54 Å². The molecule has 0 spiro atoms. The summed E-state index contributed by atoms with van der Waals surface area (Å²) in [6.45, 7) is 1.98. The molecule has 1 aromatic rings. The van der Waals surface area contributed by atoms with Crippen LogP contribution < -0.4 is 16.4 Å². The Morgan fingerprint density at radius 3 is 2.65 bits per heavy atom. The van der Waals surface area contributed by atoms with Crippen molar-refractivity contribution in [2.24, 2.45) is 5.73 Å². The van der Waals surface area contributed by atoms with E-state index in [1.807, 2.05) is 0 Å². The van der Waals surface area contributed by atoms with Crippen LogP contribution in [0.4, 0.5) is 0 Å². The van der Waals surface area contributed by atoms with Gasteiger partial charge in [-0.2, -0.15) is 0 Å². The average molecular weight is 236 g/mol. The fourth-order valence-corrected chi connectivity index (χ4v) is 1.23. The van der Waals surface area contributed by atoms with E-state index in [1.165, 1.54) is 7.05 Å². The summed E-state index contributed by atoms with van der Waals surface area (Å²) in [7, 11) is 1.51. The van der Waals surface area contributed by atoms with Crippen molar-refractivity contribution in [3.63, 3.8) is 0 Å². The highest BCUT2D eigenvalue weighted by Gasteiger charge is 2.15. The van der Waals surface area contributed by atoms with Crippen LogP contribution in [0.5, 0.6) is 0 Å². The van der Waals surface area contributed by atoms with Crippen molar-refractivity contribution in [1.29, 1.82) is 0 Å². The number of amides is 2. The Balaban J connectivity index is 2.66. The van der Waals surface area contributed by atoms with Gasteiger partial charge in [0.25, 0.3) is 5.91 Å². The molecule has 6 heteroatoms. The molecule has 1 rings (SSSR count). The van der Waals surface area contributed by atoms with Gasteiger partial charge in [0.2, 0.25) is 5.91 Å². The molecule has 0 saturated heterocycles. The lowest BCUT2D eigenvalue weighted by Gasteiger charge is -2.11. The maximum atomic E-state index is 11.7. The number of carbonyl (C=O) groups excluding carboxylic acids is 2. The van der Waals surface area contributed by atoms with Crippen LogP contribution >= 0.6 is 0 Å².